The number of hydrogen-bond acceptors (Lipinski definition) is 3. The number of ether oxygens (including phenoxy) is 1. The first kappa shape index (κ1) is 24.3. The minimum absolute atomic E-state index is 0.0259. The van der Waals surface area contributed by atoms with Crippen LogP contribution in [-0.2, 0) is 9.53 Å². The smallest absolute Gasteiger partial charge is 0.309 e. The van der Waals surface area contributed by atoms with E-state index in [9.17, 15) is 31.5 Å². The topological polar surface area (TPSA) is 43.4 Å². The lowest BCUT2D eigenvalue weighted by molar-refractivity contribution is -0.408. The van der Waals surface area contributed by atoms with Gasteiger partial charge in [0, 0.05) is 17.9 Å². The van der Waals surface area contributed by atoms with Crippen molar-refractivity contribution >= 4 is 12.1 Å². The summed E-state index contributed by atoms with van der Waals surface area (Å²) in [6, 6.07) is 7.07. The third-order valence-corrected chi connectivity index (χ3v) is 8.74. The molecule has 8 heteroatoms. The van der Waals surface area contributed by atoms with E-state index >= 15 is 0 Å². The quantitative estimate of drug-likeness (QED) is 0.336. The van der Waals surface area contributed by atoms with Gasteiger partial charge in [0.2, 0.25) is 0 Å². The van der Waals surface area contributed by atoms with Gasteiger partial charge in [-0.15, -0.1) is 0 Å². The van der Waals surface area contributed by atoms with Crippen molar-refractivity contribution in [1.82, 2.24) is 0 Å². The molecule has 2 saturated carbocycles. The van der Waals surface area contributed by atoms with E-state index in [1.807, 2.05) is 12.1 Å². The normalized spacial score (nSPS) is 33.1. The fraction of sp³-hybridized carbons (Fsp3) is 0.556. The molecule has 5 rings (SSSR count). The number of carbonyl (C=O) groups is 2. The minimum atomic E-state index is -5.77. The summed E-state index contributed by atoms with van der Waals surface area (Å²) in [5.74, 6) is -0.168. The second-order valence-corrected chi connectivity index (χ2v) is 10.6. The molecule has 2 fully saturated rings. The van der Waals surface area contributed by atoms with Crippen LogP contribution in [0, 0.1) is 17.3 Å². The zero-order valence-corrected chi connectivity index (χ0v) is 19.3. The summed E-state index contributed by atoms with van der Waals surface area (Å²) in [5, 5.41) is 0. The molecular weight excluding hydrogens is 467 g/mol. The lowest BCUT2D eigenvalue weighted by atomic mass is 9.53. The summed E-state index contributed by atoms with van der Waals surface area (Å²) < 4.78 is 71.5. The van der Waals surface area contributed by atoms with Crippen LogP contribution in [0.4, 0.5) is 22.0 Å². The maximum Gasteiger partial charge on any atom is 0.482 e. The van der Waals surface area contributed by atoms with Crippen LogP contribution in [-0.4, -0.2) is 30.5 Å². The molecule has 188 valence electrons. The average Bonchev–Trinajstić information content (AvgIpc) is 3.12. The predicted octanol–water partition coefficient (Wildman–Crippen LogP) is 6.94. The lowest BCUT2D eigenvalue weighted by Crippen LogP contribution is -2.50. The van der Waals surface area contributed by atoms with Crippen molar-refractivity contribution in [3.8, 4) is 0 Å². The molecule has 0 amide bonds. The summed E-state index contributed by atoms with van der Waals surface area (Å²) in [4.78, 5) is 23.2. The van der Waals surface area contributed by atoms with Gasteiger partial charge in [0.1, 0.15) is 6.29 Å². The highest BCUT2D eigenvalue weighted by Crippen LogP contribution is 2.65. The molecule has 0 bridgehead atoms. The number of aldehydes is 1. The number of halogens is 5. The number of hydrogen-bond donors (Lipinski definition) is 0. The standard InChI is InChI=1S/C27H27F5O3/c1-25-13-21(16-4-2-15(14-33)3-5-16)24-19-9-7-18(34)12-17(19)6-8-20(24)22(25)10-11-23(25)35-27(31,32)26(28,29)30/h2-5,12,14,20-23H,6-11,13H2,1H3. The maximum absolute atomic E-state index is 14.0. The molecule has 0 radical (unpaired) electrons. The van der Waals surface area contributed by atoms with Gasteiger partial charge in [0.15, 0.2) is 5.78 Å². The highest BCUT2D eigenvalue weighted by molar-refractivity contribution is 5.93. The van der Waals surface area contributed by atoms with Crippen LogP contribution in [0.25, 0.3) is 0 Å². The van der Waals surface area contributed by atoms with E-state index in [0.29, 0.717) is 37.7 Å². The molecule has 1 aromatic carbocycles. The second-order valence-electron chi connectivity index (χ2n) is 10.6. The van der Waals surface area contributed by atoms with Gasteiger partial charge in [-0.2, -0.15) is 22.0 Å². The van der Waals surface area contributed by atoms with Crippen LogP contribution in [0.15, 0.2) is 47.1 Å². The molecule has 4 aliphatic carbocycles. The molecule has 0 saturated heterocycles. The third-order valence-electron chi connectivity index (χ3n) is 8.74. The van der Waals surface area contributed by atoms with Crippen LogP contribution in [0.1, 0.15) is 73.7 Å². The maximum atomic E-state index is 14.0. The molecule has 4 aliphatic rings. The lowest BCUT2D eigenvalue weighted by Gasteiger charge is -2.52. The van der Waals surface area contributed by atoms with Crippen LogP contribution in [0.3, 0.4) is 0 Å². The van der Waals surface area contributed by atoms with Crippen molar-refractivity contribution in [3.05, 3.63) is 58.2 Å². The average molecular weight is 495 g/mol. The van der Waals surface area contributed by atoms with Crippen molar-refractivity contribution in [2.75, 3.05) is 0 Å². The molecule has 5 atom stereocenters. The number of rotatable bonds is 4. The van der Waals surface area contributed by atoms with Gasteiger partial charge < -0.3 is 4.74 Å². The van der Waals surface area contributed by atoms with Crippen molar-refractivity contribution in [1.29, 1.82) is 0 Å². The number of alkyl halides is 5. The van der Waals surface area contributed by atoms with E-state index in [-0.39, 0.29) is 30.0 Å². The summed E-state index contributed by atoms with van der Waals surface area (Å²) in [7, 11) is 0. The molecule has 3 nitrogen and oxygen atoms in total. The van der Waals surface area contributed by atoms with Crippen molar-refractivity contribution < 1.29 is 36.3 Å². The molecule has 0 N–H and O–H groups in total. The Bertz CT molecular complexity index is 1100. The number of carbonyl (C=O) groups excluding carboxylic acids is 2. The van der Waals surface area contributed by atoms with E-state index in [1.165, 1.54) is 5.57 Å². The zero-order valence-electron chi connectivity index (χ0n) is 19.3. The Hall–Kier alpha value is -2.35. The Morgan fingerprint density at radius 3 is 2.37 bits per heavy atom. The highest BCUT2D eigenvalue weighted by Gasteiger charge is 2.65. The Balaban J connectivity index is 1.59. The van der Waals surface area contributed by atoms with Crippen molar-refractivity contribution in [2.45, 2.75) is 76.2 Å². The molecule has 0 aromatic heterocycles. The minimum Gasteiger partial charge on any atom is -0.309 e. The number of allylic oxidation sites excluding steroid dienone is 4. The predicted molar refractivity (Wildman–Crippen MR) is 118 cm³/mol. The fourth-order valence-electron chi connectivity index (χ4n) is 7.16. The van der Waals surface area contributed by atoms with E-state index in [4.69, 9.17) is 0 Å². The largest absolute Gasteiger partial charge is 0.482 e. The zero-order chi connectivity index (χ0) is 25.2. The number of benzene rings is 1. The fourth-order valence-corrected chi connectivity index (χ4v) is 7.16. The highest BCUT2D eigenvalue weighted by atomic mass is 19.4. The van der Waals surface area contributed by atoms with Crippen molar-refractivity contribution in [2.24, 2.45) is 17.3 Å². The first-order valence-corrected chi connectivity index (χ1v) is 12.1. The van der Waals surface area contributed by atoms with E-state index in [0.717, 1.165) is 29.4 Å². The summed E-state index contributed by atoms with van der Waals surface area (Å²) in [6.45, 7) is 1.80. The SMILES string of the molecule is CC12CC(c3ccc(C=O)cc3)C3=C4CCC(=O)C=C4CCC3C1CCC2OC(F)(F)C(F)(F)F. The van der Waals surface area contributed by atoms with Crippen LogP contribution < -0.4 is 0 Å². The van der Waals surface area contributed by atoms with E-state index < -0.39 is 23.8 Å². The number of ketones is 1. The Morgan fingerprint density at radius 1 is 1.00 bits per heavy atom. The summed E-state index contributed by atoms with van der Waals surface area (Å²) in [6.07, 6.45) is -6.26. The number of fused-ring (bicyclic) bond motifs is 4. The Morgan fingerprint density at radius 2 is 1.71 bits per heavy atom. The Kier molecular flexibility index (Phi) is 5.81. The van der Waals surface area contributed by atoms with Gasteiger partial charge in [-0.3, -0.25) is 9.59 Å². The third kappa shape index (κ3) is 3.98. The molecule has 35 heavy (non-hydrogen) atoms. The second kappa shape index (κ2) is 8.36. The summed E-state index contributed by atoms with van der Waals surface area (Å²) in [5.41, 5.74) is 3.90. The van der Waals surface area contributed by atoms with Crippen molar-refractivity contribution in [3.63, 3.8) is 0 Å². The summed E-state index contributed by atoms with van der Waals surface area (Å²) >= 11 is 0. The van der Waals surface area contributed by atoms with Gasteiger partial charge in [0.25, 0.3) is 0 Å². The van der Waals surface area contributed by atoms with Gasteiger partial charge in [-0.05, 0) is 78.6 Å². The molecule has 0 heterocycles. The molecule has 0 spiro atoms. The molecular formula is C27H27F5O3. The Labute approximate surface area is 200 Å². The van der Waals surface area contributed by atoms with Crippen LogP contribution >= 0.6 is 0 Å². The first-order chi connectivity index (χ1) is 16.4. The van der Waals surface area contributed by atoms with Gasteiger partial charge in [-0.25, -0.2) is 0 Å². The van der Waals surface area contributed by atoms with Crippen LogP contribution in [0.2, 0.25) is 0 Å². The van der Waals surface area contributed by atoms with Gasteiger partial charge in [-0.1, -0.05) is 36.8 Å². The molecule has 1 aromatic rings. The van der Waals surface area contributed by atoms with E-state index in [1.54, 1.807) is 25.1 Å². The van der Waals surface area contributed by atoms with Crippen LogP contribution in [0.5, 0.6) is 0 Å². The van der Waals surface area contributed by atoms with Gasteiger partial charge in [0.05, 0.1) is 6.10 Å². The van der Waals surface area contributed by atoms with Gasteiger partial charge >= 0.3 is 12.3 Å². The molecule has 5 unspecified atom stereocenters. The van der Waals surface area contributed by atoms with E-state index in [2.05, 4.69) is 4.74 Å². The monoisotopic (exact) mass is 494 g/mol. The molecule has 0 aliphatic heterocycles. The first-order valence-electron chi connectivity index (χ1n) is 12.1.